The van der Waals surface area contributed by atoms with E-state index >= 15 is 0 Å². The molecule has 0 aliphatic carbocycles. The minimum Gasteiger partial charge on any atom is -0.478 e. The molecule has 0 fully saturated rings. The van der Waals surface area contributed by atoms with Gasteiger partial charge in [0.1, 0.15) is 5.00 Å². The van der Waals surface area contributed by atoms with E-state index in [4.69, 9.17) is 5.11 Å². The Bertz CT molecular complexity index is 513. The monoisotopic (exact) mass is 313 g/mol. The molecule has 21 heavy (non-hydrogen) atoms. The maximum Gasteiger partial charge on any atom is 0.338 e. The molecular weight excluding hydrogens is 294 g/mol. The molecule has 3 amide bonds. The van der Waals surface area contributed by atoms with Crippen LogP contribution < -0.4 is 16.0 Å². The number of anilines is 1. The van der Waals surface area contributed by atoms with Gasteiger partial charge < -0.3 is 15.7 Å². The van der Waals surface area contributed by atoms with Gasteiger partial charge in [-0.05, 0) is 17.4 Å². The molecule has 0 saturated carbocycles. The first kappa shape index (κ1) is 17.0. The molecule has 0 radical (unpaired) electrons. The Morgan fingerprint density at radius 1 is 1.29 bits per heavy atom. The van der Waals surface area contributed by atoms with Crippen molar-refractivity contribution >= 4 is 34.2 Å². The van der Waals surface area contributed by atoms with Crippen molar-refractivity contribution in [3.8, 4) is 0 Å². The third-order valence-corrected chi connectivity index (χ3v) is 3.30. The first-order chi connectivity index (χ1) is 9.90. The summed E-state index contributed by atoms with van der Waals surface area (Å²) in [6.07, 6.45) is 0.177. The Balaban J connectivity index is 2.30. The average Bonchev–Trinajstić information content (AvgIpc) is 2.84. The number of thiophene rings is 1. The molecule has 0 saturated heterocycles. The van der Waals surface area contributed by atoms with Crippen molar-refractivity contribution < 1.29 is 19.5 Å². The number of hydrogen-bond acceptors (Lipinski definition) is 4. The van der Waals surface area contributed by atoms with Crippen molar-refractivity contribution in [1.82, 2.24) is 10.6 Å². The van der Waals surface area contributed by atoms with Gasteiger partial charge in [-0.2, -0.15) is 0 Å². The number of hydrogen-bond donors (Lipinski definition) is 4. The molecule has 0 aliphatic heterocycles. The van der Waals surface area contributed by atoms with Gasteiger partial charge in [-0.1, -0.05) is 13.8 Å². The first-order valence-corrected chi connectivity index (χ1v) is 7.40. The first-order valence-electron chi connectivity index (χ1n) is 6.52. The quantitative estimate of drug-likeness (QED) is 0.615. The van der Waals surface area contributed by atoms with Crippen molar-refractivity contribution in [2.24, 2.45) is 5.92 Å². The lowest BCUT2D eigenvalue weighted by Gasteiger charge is -2.09. The highest BCUT2D eigenvalue weighted by molar-refractivity contribution is 7.14. The van der Waals surface area contributed by atoms with Crippen molar-refractivity contribution in [2.45, 2.75) is 20.3 Å². The topological polar surface area (TPSA) is 108 Å². The van der Waals surface area contributed by atoms with E-state index in [0.717, 1.165) is 11.3 Å². The van der Waals surface area contributed by atoms with Gasteiger partial charge in [-0.3, -0.25) is 10.1 Å². The average molecular weight is 313 g/mol. The summed E-state index contributed by atoms with van der Waals surface area (Å²) in [6.45, 7) is 4.77. The van der Waals surface area contributed by atoms with Gasteiger partial charge in [0.15, 0.2) is 0 Å². The number of carbonyl (C=O) groups is 3. The largest absolute Gasteiger partial charge is 0.478 e. The van der Waals surface area contributed by atoms with Crippen molar-refractivity contribution in [3.05, 3.63) is 17.0 Å². The van der Waals surface area contributed by atoms with Gasteiger partial charge in [-0.25, -0.2) is 9.59 Å². The fourth-order valence-electron chi connectivity index (χ4n) is 1.42. The van der Waals surface area contributed by atoms with Crippen molar-refractivity contribution in [1.29, 1.82) is 0 Å². The summed E-state index contributed by atoms with van der Waals surface area (Å²) in [5.74, 6) is -0.857. The van der Waals surface area contributed by atoms with Crippen molar-refractivity contribution in [2.75, 3.05) is 18.4 Å². The second-order valence-electron chi connectivity index (χ2n) is 4.80. The van der Waals surface area contributed by atoms with Gasteiger partial charge in [0.2, 0.25) is 5.91 Å². The number of carbonyl (C=O) groups excluding carboxylic acids is 2. The summed E-state index contributed by atoms with van der Waals surface area (Å²) >= 11 is 1.13. The van der Waals surface area contributed by atoms with Gasteiger partial charge in [-0.15, -0.1) is 11.3 Å². The lowest BCUT2D eigenvalue weighted by Crippen LogP contribution is -2.34. The molecule has 1 rings (SSSR count). The Labute approximate surface area is 126 Å². The molecule has 4 N–H and O–H groups in total. The standard InChI is InChI=1S/C13H19N3O4S/c1-8(2)7-15-10(17)3-5-14-13(20)16-11-9(12(18)19)4-6-21-11/h4,6,8H,3,5,7H2,1-2H3,(H,15,17)(H,18,19)(H2,14,16,20). The lowest BCUT2D eigenvalue weighted by atomic mass is 10.2. The minimum atomic E-state index is -1.10. The van der Waals surface area contributed by atoms with E-state index in [0.29, 0.717) is 12.5 Å². The molecule has 1 aromatic rings. The van der Waals surface area contributed by atoms with E-state index in [9.17, 15) is 14.4 Å². The van der Waals surface area contributed by atoms with Crippen LogP contribution in [0.2, 0.25) is 0 Å². The molecule has 8 heteroatoms. The summed E-state index contributed by atoms with van der Waals surface area (Å²) in [4.78, 5) is 33.9. The van der Waals surface area contributed by atoms with Gasteiger partial charge in [0.05, 0.1) is 5.56 Å². The number of rotatable bonds is 7. The molecule has 0 spiro atoms. The number of urea groups is 1. The Morgan fingerprint density at radius 3 is 2.62 bits per heavy atom. The highest BCUT2D eigenvalue weighted by atomic mass is 32.1. The van der Waals surface area contributed by atoms with Crippen LogP contribution >= 0.6 is 11.3 Å². The van der Waals surface area contributed by atoms with E-state index in [-0.39, 0.29) is 29.4 Å². The molecule has 0 unspecified atom stereocenters. The lowest BCUT2D eigenvalue weighted by molar-refractivity contribution is -0.121. The number of carboxylic acid groups (broad SMARTS) is 1. The normalized spacial score (nSPS) is 10.2. The predicted octanol–water partition coefficient (Wildman–Crippen LogP) is 1.73. The number of aromatic carboxylic acids is 1. The zero-order valence-corrected chi connectivity index (χ0v) is 12.8. The fraction of sp³-hybridized carbons (Fsp3) is 0.462. The highest BCUT2D eigenvalue weighted by Crippen LogP contribution is 2.22. The predicted molar refractivity (Wildman–Crippen MR) is 80.8 cm³/mol. The maximum absolute atomic E-state index is 11.6. The second-order valence-corrected chi connectivity index (χ2v) is 5.71. The van der Waals surface area contributed by atoms with Crippen LogP contribution in [0.4, 0.5) is 9.80 Å². The molecule has 0 aromatic carbocycles. The Kier molecular flexibility index (Phi) is 6.67. The van der Waals surface area contributed by atoms with Gasteiger partial charge in [0, 0.05) is 19.5 Å². The molecule has 0 bridgehead atoms. The highest BCUT2D eigenvalue weighted by Gasteiger charge is 2.13. The number of carboxylic acids is 1. The van der Waals surface area contributed by atoms with E-state index in [1.54, 1.807) is 5.38 Å². The number of amides is 3. The van der Waals surface area contributed by atoms with Gasteiger partial charge in [0.25, 0.3) is 0 Å². The SMILES string of the molecule is CC(C)CNC(=O)CCNC(=O)Nc1sccc1C(=O)O. The summed E-state index contributed by atoms with van der Waals surface area (Å²) in [7, 11) is 0. The zero-order valence-electron chi connectivity index (χ0n) is 11.9. The van der Waals surface area contributed by atoms with Crippen LogP contribution in [0, 0.1) is 5.92 Å². The summed E-state index contributed by atoms with van der Waals surface area (Å²) in [6, 6.07) is 0.888. The summed E-state index contributed by atoms with van der Waals surface area (Å²) in [5, 5.41) is 18.5. The maximum atomic E-state index is 11.6. The minimum absolute atomic E-state index is 0.0461. The number of nitrogens with one attached hydrogen (secondary N) is 3. The molecular formula is C13H19N3O4S. The van der Waals surface area contributed by atoms with Crippen LogP contribution in [0.1, 0.15) is 30.6 Å². The summed E-state index contributed by atoms with van der Waals surface area (Å²) in [5.41, 5.74) is 0.0461. The smallest absolute Gasteiger partial charge is 0.338 e. The Hall–Kier alpha value is -2.09. The summed E-state index contributed by atoms with van der Waals surface area (Å²) < 4.78 is 0. The molecule has 1 aromatic heterocycles. The third-order valence-electron chi connectivity index (χ3n) is 2.47. The molecule has 1 heterocycles. The molecule has 7 nitrogen and oxygen atoms in total. The van der Waals surface area contributed by atoms with E-state index in [1.165, 1.54) is 6.07 Å². The van der Waals surface area contributed by atoms with E-state index in [1.807, 2.05) is 13.8 Å². The molecule has 116 valence electrons. The Morgan fingerprint density at radius 2 is 2.00 bits per heavy atom. The van der Waals surface area contributed by atoms with Crippen LogP contribution in [0.25, 0.3) is 0 Å². The van der Waals surface area contributed by atoms with Crippen LogP contribution in [0.5, 0.6) is 0 Å². The molecule has 0 aliphatic rings. The van der Waals surface area contributed by atoms with Crippen molar-refractivity contribution in [3.63, 3.8) is 0 Å². The second kappa shape index (κ2) is 8.25. The molecule has 0 atom stereocenters. The van der Waals surface area contributed by atoms with Crippen LogP contribution in [-0.4, -0.2) is 36.1 Å². The van der Waals surface area contributed by atoms with E-state index < -0.39 is 12.0 Å². The van der Waals surface area contributed by atoms with E-state index in [2.05, 4.69) is 16.0 Å². The third kappa shape index (κ3) is 6.26. The zero-order chi connectivity index (χ0) is 15.8. The van der Waals surface area contributed by atoms with Crippen LogP contribution in [0.3, 0.4) is 0 Å². The van der Waals surface area contributed by atoms with Gasteiger partial charge >= 0.3 is 12.0 Å². The fourth-order valence-corrected chi connectivity index (χ4v) is 2.19. The van der Waals surface area contributed by atoms with Crippen LogP contribution in [0.15, 0.2) is 11.4 Å². The van der Waals surface area contributed by atoms with Crippen LogP contribution in [-0.2, 0) is 4.79 Å².